The molecule has 0 aliphatic heterocycles. The van der Waals surface area contributed by atoms with Crippen LogP contribution in [0, 0.1) is 6.92 Å². The maximum atomic E-state index is 13.6. The van der Waals surface area contributed by atoms with Gasteiger partial charge in [-0.2, -0.15) is 0 Å². The summed E-state index contributed by atoms with van der Waals surface area (Å²) in [5, 5.41) is 1.67. The van der Waals surface area contributed by atoms with Gasteiger partial charge >= 0.3 is 12.2 Å². The number of nitrogens with one attached hydrogen (secondary N) is 1. The summed E-state index contributed by atoms with van der Waals surface area (Å²) in [6.07, 6.45) is -0.711. The molecule has 0 radical (unpaired) electrons. The van der Waals surface area contributed by atoms with Crippen LogP contribution in [0.15, 0.2) is 53.6 Å². The predicted molar refractivity (Wildman–Crippen MR) is 148 cm³/mol. The van der Waals surface area contributed by atoms with Crippen molar-refractivity contribution in [2.75, 3.05) is 6.54 Å². The van der Waals surface area contributed by atoms with E-state index in [-0.39, 0.29) is 24.0 Å². The van der Waals surface area contributed by atoms with Gasteiger partial charge in [-0.25, -0.2) is 32.4 Å². The van der Waals surface area contributed by atoms with Crippen LogP contribution in [-0.4, -0.2) is 54.4 Å². The van der Waals surface area contributed by atoms with E-state index in [1.165, 1.54) is 10.2 Å². The summed E-state index contributed by atoms with van der Waals surface area (Å²) in [4.78, 5) is 25.1. The Balaban J connectivity index is 2.02. The normalized spacial score (nSPS) is 11.7. The zero-order valence-electron chi connectivity index (χ0n) is 23.4. The van der Waals surface area contributed by atoms with Crippen molar-refractivity contribution in [3.05, 3.63) is 59.8 Å². The van der Waals surface area contributed by atoms with Gasteiger partial charge < -0.3 is 14.2 Å². The minimum atomic E-state index is -3.92. The maximum absolute atomic E-state index is 13.6. The molecule has 0 atom stereocenters. The molecule has 2 amide bonds. The first-order chi connectivity index (χ1) is 18.3. The van der Waals surface area contributed by atoms with E-state index in [4.69, 9.17) is 14.2 Å². The molecule has 2 aromatic carbocycles. The van der Waals surface area contributed by atoms with Gasteiger partial charge in [-0.1, -0.05) is 17.7 Å². The standard InChI is InChI=1S/C28H37N3O7S/c1-18(2)36-23-10-13-26-25(16-23)22(17-31(26)39(34,35)24-11-8-21(7)9-12-24)14-15-30(28(33)38-20(5)6)29-27(32)37-19(3)4/h8-13,16-20H,14-15H2,1-7H3,(H,29,32). The summed E-state index contributed by atoms with van der Waals surface area (Å²) >= 11 is 0. The Hall–Kier alpha value is -3.73. The number of nitrogens with zero attached hydrogens (tertiary/aromatic N) is 2. The molecule has 0 spiro atoms. The summed E-state index contributed by atoms with van der Waals surface area (Å²) < 4.78 is 44.7. The van der Waals surface area contributed by atoms with Crippen molar-refractivity contribution < 1.29 is 32.2 Å². The molecule has 0 saturated heterocycles. The number of aromatic nitrogens is 1. The van der Waals surface area contributed by atoms with E-state index in [0.717, 1.165) is 10.6 Å². The molecule has 11 heteroatoms. The van der Waals surface area contributed by atoms with Gasteiger partial charge in [0, 0.05) is 11.6 Å². The van der Waals surface area contributed by atoms with Gasteiger partial charge in [0.1, 0.15) is 5.75 Å². The molecular weight excluding hydrogens is 522 g/mol. The molecule has 0 bridgehead atoms. The van der Waals surface area contributed by atoms with E-state index in [0.29, 0.717) is 22.2 Å². The third kappa shape index (κ3) is 7.66. The van der Waals surface area contributed by atoms with Crippen molar-refractivity contribution in [3.8, 4) is 5.75 Å². The van der Waals surface area contributed by atoms with Crippen molar-refractivity contribution >= 4 is 33.1 Å². The number of carbonyl (C=O) groups is 2. The van der Waals surface area contributed by atoms with Crippen molar-refractivity contribution in [1.82, 2.24) is 14.4 Å². The summed E-state index contributed by atoms with van der Waals surface area (Å²) in [6, 6.07) is 11.8. The number of hydrazine groups is 1. The molecule has 1 N–H and O–H groups in total. The lowest BCUT2D eigenvalue weighted by molar-refractivity contribution is 0.0475. The fourth-order valence-corrected chi connectivity index (χ4v) is 5.24. The quantitative estimate of drug-likeness (QED) is 0.348. The smallest absolute Gasteiger partial charge is 0.429 e. The fourth-order valence-electron chi connectivity index (χ4n) is 3.85. The van der Waals surface area contributed by atoms with Crippen LogP contribution in [0.5, 0.6) is 5.75 Å². The number of aryl methyl sites for hydroxylation is 1. The lowest BCUT2D eigenvalue weighted by Crippen LogP contribution is -2.48. The second-order valence-electron chi connectivity index (χ2n) is 10.0. The Kier molecular flexibility index (Phi) is 9.49. The number of amides is 2. The first kappa shape index (κ1) is 29.8. The summed E-state index contributed by atoms with van der Waals surface area (Å²) in [5.74, 6) is 0.582. The van der Waals surface area contributed by atoms with Crippen LogP contribution in [-0.2, 0) is 25.9 Å². The molecule has 1 heterocycles. The molecule has 0 unspecified atom stereocenters. The van der Waals surface area contributed by atoms with Gasteiger partial charge in [-0.3, -0.25) is 0 Å². The number of carbonyl (C=O) groups excluding carboxylic acids is 2. The van der Waals surface area contributed by atoms with Gasteiger partial charge in [0.05, 0.1) is 35.3 Å². The zero-order chi connectivity index (χ0) is 28.9. The van der Waals surface area contributed by atoms with E-state index in [1.807, 2.05) is 20.8 Å². The Bertz CT molecular complexity index is 1410. The molecule has 0 fully saturated rings. The predicted octanol–water partition coefficient (Wildman–Crippen LogP) is 5.41. The number of hydrogen-bond acceptors (Lipinski definition) is 7. The van der Waals surface area contributed by atoms with Gasteiger partial charge in [-0.05, 0) is 90.8 Å². The lowest BCUT2D eigenvalue weighted by atomic mass is 10.1. The van der Waals surface area contributed by atoms with Gasteiger partial charge in [0.2, 0.25) is 0 Å². The van der Waals surface area contributed by atoms with Crippen LogP contribution in [0.4, 0.5) is 9.59 Å². The molecule has 0 aliphatic rings. The highest BCUT2D eigenvalue weighted by molar-refractivity contribution is 7.90. The fraction of sp³-hybridized carbons (Fsp3) is 0.429. The SMILES string of the molecule is Cc1ccc(S(=O)(=O)n2cc(CCN(NC(=O)OC(C)C)C(=O)OC(C)C)c3cc(OC(C)C)ccc32)cc1. The topological polar surface area (TPSA) is 116 Å². The van der Waals surface area contributed by atoms with Gasteiger partial charge in [0.25, 0.3) is 10.0 Å². The van der Waals surface area contributed by atoms with E-state index in [1.54, 1.807) is 70.2 Å². The van der Waals surface area contributed by atoms with Crippen molar-refractivity contribution in [3.63, 3.8) is 0 Å². The second-order valence-corrected chi connectivity index (χ2v) is 11.8. The van der Waals surface area contributed by atoms with Crippen LogP contribution < -0.4 is 10.2 Å². The summed E-state index contributed by atoms with van der Waals surface area (Å²) in [7, 11) is -3.92. The average Bonchev–Trinajstić information content (AvgIpc) is 3.19. The van der Waals surface area contributed by atoms with Crippen LogP contribution in [0.25, 0.3) is 10.9 Å². The van der Waals surface area contributed by atoms with E-state index >= 15 is 0 Å². The molecular formula is C28H37N3O7S. The number of hydrogen-bond donors (Lipinski definition) is 1. The van der Waals surface area contributed by atoms with Gasteiger partial charge in [0.15, 0.2) is 0 Å². The van der Waals surface area contributed by atoms with E-state index in [2.05, 4.69) is 5.43 Å². The minimum Gasteiger partial charge on any atom is -0.491 e. The number of fused-ring (bicyclic) bond motifs is 1. The molecule has 1 aromatic heterocycles. The van der Waals surface area contributed by atoms with E-state index in [9.17, 15) is 18.0 Å². The monoisotopic (exact) mass is 559 g/mol. The molecule has 0 aliphatic carbocycles. The van der Waals surface area contributed by atoms with E-state index < -0.39 is 34.4 Å². The average molecular weight is 560 g/mol. The first-order valence-corrected chi connectivity index (χ1v) is 14.3. The van der Waals surface area contributed by atoms with Gasteiger partial charge in [-0.15, -0.1) is 0 Å². The van der Waals surface area contributed by atoms with Crippen molar-refractivity contribution in [1.29, 1.82) is 0 Å². The van der Waals surface area contributed by atoms with Crippen LogP contribution in [0.2, 0.25) is 0 Å². The number of ether oxygens (including phenoxy) is 3. The molecule has 3 rings (SSSR count). The van der Waals surface area contributed by atoms with Crippen LogP contribution in [0.1, 0.15) is 52.7 Å². The van der Waals surface area contributed by atoms with Crippen LogP contribution >= 0.6 is 0 Å². The molecule has 0 saturated carbocycles. The highest BCUT2D eigenvalue weighted by Crippen LogP contribution is 2.30. The Morgan fingerprint density at radius 2 is 1.56 bits per heavy atom. The first-order valence-electron chi connectivity index (χ1n) is 12.9. The minimum absolute atomic E-state index is 0.00228. The van der Waals surface area contributed by atoms with Crippen molar-refractivity contribution in [2.45, 2.75) is 78.1 Å². The molecule has 39 heavy (non-hydrogen) atoms. The Labute approximate surface area is 229 Å². The second kappa shape index (κ2) is 12.4. The molecule has 3 aromatic rings. The van der Waals surface area contributed by atoms with Crippen molar-refractivity contribution in [2.24, 2.45) is 0 Å². The maximum Gasteiger partial charge on any atom is 0.429 e. The summed E-state index contributed by atoms with van der Waals surface area (Å²) in [6.45, 7) is 12.5. The molecule has 10 nitrogen and oxygen atoms in total. The lowest BCUT2D eigenvalue weighted by Gasteiger charge is -2.24. The third-order valence-electron chi connectivity index (χ3n) is 5.50. The third-order valence-corrected chi connectivity index (χ3v) is 7.19. The number of benzene rings is 2. The molecule has 212 valence electrons. The zero-order valence-corrected chi connectivity index (χ0v) is 24.2. The highest BCUT2D eigenvalue weighted by atomic mass is 32.2. The largest absolute Gasteiger partial charge is 0.491 e. The highest BCUT2D eigenvalue weighted by Gasteiger charge is 2.24. The summed E-state index contributed by atoms with van der Waals surface area (Å²) in [5.41, 5.74) is 4.47. The number of rotatable bonds is 9. The van der Waals surface area contributed by atoms with Crippen LogP contribution in [0.3, 0.4) is 0 Å². The Morgan fingerprint density at radius 1 is 0.923 bits per heavy atom. The Morgan fingerprint density at radius 3 is 2.15 bits per heavy atom.